The summed E-state index contributed by atoms with van der Waals surface area (Å²) in [4.78, 5) is 17.7. The Labute approximate surface area is 118 Å². The van der Waals surface area contributed by atoms with Gasteiger partial charge in [0.1, 0.15) is 5.01 Å². The molecule has 0 aliphatic carbocycles. The molecular formula is C14H22N2O2S. The Morgan fingerprint density at radius 1 is 1.63 bits per heavy atom. The number of hydrogen-bond donors (Lipinski definition) is 1. The van der Waals surface area contributed by atoms with Crippen molar-refractivity contribution < 1.29 is 9.90 Å². The molecule has 19 heavy (non-hydrogen) atoms. The number of carboxylic acids is 1. The van der Waals surface area contributed by atoms with E-state index in [0.29, 0.717) is 12.0 Å². The zero-order chi connectivity index (χ0) is 13.8. The first kappa shape index (κ1) is 14.5. The highest BCUT2D eigenvalue weighted by Gasteiger charge is 2.29. The third kappa shape index (κ3) is 3.76. The molecule has 1 aromatic heterocycles. The summed E-state index contributed by atoms with van der Waals surface area (Å²) >= 11 is 1.70. The molecule has 3 atom stereocenters. The molecule has 2 rings (SSSR count). The summed E-state index contributed by atoms with van der Waals surface area (Å²) < 4.78 is 0. The molecule has 1 N–H and O–H groups in total. The van der Waals surface area contributed by atoms with Gasteiger partial charge in [0.05, 0.1) is 6.04 Å². The van der Waals surface area contributed by atoms with Crippen LogP contribution in [0.3, 0.4) is 0 Å². The largest absolute Gasteiger partial charge is 0.481 e. The van der Waals surface area contributed by atoms with Crippen LogP contribution in [0.25, 0.3) is 0 Å². The molecule has 1 saturated heterocycles. The van der Waals surface area contributed by atoms with Crippen molar-refractivity contribution in [2.75, 3.05) is 13.1 Å². The molecular weight excluding hydrogens is 260 g/mol. The van der Waals surface area contributed by atoms with Crippen molar-refractivity contribution in [1.29, 1.82) is 0 Å². The van der Waals surface area contributed by atoms with Gasteiger partial charge in [0, 0.05) is 24.5 Å². The number of rotatable bonds is 5. The van der Waals surface area contributed by atoms with Crippen molar-refractivity contribution in [3.8, 4) is 0 Å². The van der Waals surface area contributed by atoms with Gasteiger partial charge >= 0.3 is 5.97 Å². The predicted molar refractivity (Wildman–Crippen MR) is 76.2 cm³/mol. The molecule has 4 nitrogen and oxygen atoms in total. The van der Waals surface area contributed by atoms with Crippen LogP contribution in [0.1, 0.15) is 44.2 Å². The van der Waals surface area contributed by atoms with Gasteiger partial charge in [-0.15, -0.1) is 11.3 Å². The van der Waals surface area contributed by atoms with Crippen molar-refractivity contribution >= 4 is 17.3 Å². The summed E-state index contributed by atoms with van der Waals surface area (Å²) in [5.74, 6) is 0.0636. The van der Waals surface area contributed by atoms with Crippen LogP contribution < -0.4 is 0 Å². The number of aromatic nitrogens is 1. The van der Waals surface area contributed by atoms with Crippen molar-refractivity contribution in [3.63, 3.8) is 0 Å². The van der Waals surface area contributed by atoms with E-state index < -0.39 is 5.97 Å². The van der Waals surface area contributed by atoms with Gasteiger partial charge in [-0.05, 0) is 38.1 Å². The van der Waals surface area contributed by atoms with E-state index >= 15 is 0 Å². The smallest absolute Gasteiger partial charge is 0.303 e. The van der Waals surface area contributed by atoms with E-state index in [1.165, 1.54) is 0 Å². The fourth-order valence-electron chi connectivity index (χ4n) is 2.90. The lowest BCUT2D eigenvalue weighted by Crippen LogP contribution is -2.39. The molecule has 0 bridgehead atoms. The van der Waals surface area contributed by atoms with Gasteiger partial charge < -0.3 is 5.11 Å². The quantitative estimate of drug-likeness (QED) is 0.902. The molecule has 0 amide bonds. The second-order valence-electron chi connectivity index (χ2n) is 5.52. The second-order valence-corrected chi connectivity index (χ2v) is 6.44. The third-order valence-electron chi connectivity index (χ3n) is 4.15. The number of hydrogen-bond acceptors (Lipinski definition) is 4. The first-order valence-electron chi connectivity index (χ1n) is 6.93. The average molecular weight is 282 g/mol. The normalized spacial score (nSPS) is 24.0. The van der Waals surface area contributed by atoms with Crippen molar-refractivity contribution in [1.82, 2.24) is 9.88 Å². The minimum Gasteiger partial charge on any atom is -0.481 e. The van der Waals surface area contributed by atoms with E-state index in [9.17, 15) is 4.79 Å². The molecule has 106 valence electrons. The van der Waals surface area contributed by atoms with Crippen LogP contribution in [0.15, 0.2) is 11.6 Å². The minimum absolute atomic E-state index is 0.254. The fourth-order valence-corrected chi connectivity index (χ4v) is 3.62. The monoisotopic (exact) mass is 282 g/mol. The van der Waals surface area contributed by atoms with Crippen LogP contribution in [0.2, 0.25) is 0 Å². The molecule has 5 heteroatoms. The SMILES string of the molecule is CC(CC(=O)O)C1CCCN(C(C)c2nccs2)C1. The zero-order valence-corrected chi connectivity index (χ0v) is 12.4. The first-order valence-corrected chi connectivity index (χ1v) is 7.81. The van der Waals surface area contributed by atoms with Gasteiger partial charge in [-0.3, -0.25) is 9.69 Å². The zero-order valence-electron chi connectivity index (χ0n) is 11.6. The van der Waals surface area contributed by atoms with E-state index in [1.54, 1.807) is 11.3 Å². The molecule has 3 unspecified atom stereocenters. The molecule has 1 aliphatic heterocycles. The van der Waals surface area contributed by atoms with Gasteiger partial charge in [0.25, 0.3) is 0 Å². The minimum atomic E-state index is -0.683. The number of carbonyl (C=O) groups is 1. The maximum atomic E-state index is 10.8. The van der Waals surface area contributed by atoms with E-state index in [0.717, 1.165) is 30.9 Å². The van der Waals surface area contributed by atoms with Gasteiger partial charge in [-0.25, -0.2) is 4.98 Å². The summed E-state index contributed by atoms with van der Waals surface area (Å²) in [7, 11) is 0. The van der Waals surface area contributed by atoms with Crippen LogP contribution in [0.4, 0.5) is 0 Å². The van der Waals surface area contributed by atoms with Crippen molar-refractivity contribution in [2.45, 2.75) is 39.2 Å². The molecule has 2 heterocycles. The number of aliphatic carboxylic acids is 1. The molecule has 0 spiro atoms. The summed E-state index contributed by atoms with van der Waals surface area (Å²) in [6.07, 6.45) is 4.44. The Hall–Kier alpha value is -0.940. The third-order valence-corrected chi connectivity index (χ3v) is 5.09. The molecule has 1 fully saturated rings. The van der Waals surface area contributed by atoms with Crippen LogP contribution >= 0.6 is 11.3 Å². The lowest BCUT2D eigenvalue weighted by atomic mass is 9.84. The van der Waals surface area contributed by atoms with E-state index in [-0.39, 0.29) is 12.3 Å². The number of carboxylic acid groups (broad SMARTS) is 1. The molecule has 1 aromatic rings. The van der Waals surface area contributed by atoms with E-state index in [1.807, 2.05) is 11.6 Å². The Morgan fingerprint density at radius 3 is 3.05 bits per heavy atom. The first-order chi connectivity index (χ1) is 9.08. The van der Waals surface area contributed by atoms with Crippen molar-refractivity contribution in [3.05, 3.63) is 16.6 Å². The van der Waals surface area contributed by atoms with Crippen LogP contribution in [-0.4, -0.2) is 34.0 Å². The average Bonchev–Trinajstić information content (AvgIpc) is 2.91. The lowest BCUT2D eigenvalue weighted by molar-refractivity contribution is -0.138. The second kappa shape index (κ2) is 6.48. The summed E-state index contributed by atoms with van der Waals surface area (Å²) in [6, 6.07) is 0.347. The lowest BCUT2D eigenvalue weighted by Gasteiger charge is -2.38. The molecule has 1 aliphatic rings. The van der Waals surface area contributed by atoms with Gasteiger partial charge in [0.15, 0.2) is 0 Å². The summed E-state index contributed by atoms with van der Waals surface area (Å²) in [5.41, 5.74) is 0. The van der Waals surface area contributed by atoms with Gasteiger partial charge in [-0.2, -0.15) is 0 Å². The summed E-state index contributed by atoms with van der Waals surface area (Å²) in [5, 5.41) is 12.1. The molecule has 0 aromatic carbocycles. The Bertz CT molecular complexity index is 408. The summed E-state index contributed by atoms with van der Waals surface area (Å²) in [6.45, 7) is 6.35. The Balaban J connectivity index is 1.95. The topological polar surface area (TPSA) is 53.4 Å². The number of likely N-dealkylation sites (tertiary alicyclic amines) is 1. The molecule has 0 saturated carbocycles. The highest BCUT2D eigenvalue weighted by atomic mass is 32.1. The maximum Gasteiger partial charge on any atom is 0.303 e. The fraction of sp³-hybridized carbons (Fsp3) is 0.714. The van der Waals surface area contributed by atoms with Gasteiger partial charge in [-0.1, -0.05) is 6.92 Å². The van der Waals surface area contributed by atoms with Crippen LogP contribution in [-0.2, 0) is 4.79 Å². The van der Waals surface area contributed by atoms with Crippen molar-refractivity contribution in [2.24, 2.45) is 11.8 Å². The van der Waals surface area contributed by atoms with Gasteiger partial charge in [0.2, 0.25) is 0 Å². The van der Waals surface area contributed by atoms with Crippen LogP contribution in [0, 0.1) is 11.8 Å². The standard InChI is InChI=1S/C14H22N2O2S/c1-10(8-13(17)18)12-4-3-6-16(9-12)11(2)14-15-5-7-19-14/h5,7,10-12H,3-4,6,8-9H2,1-2H3,(H,17,18). The molecule has 0 radical (unpaired) electrons. The van der Waals surface area contributed by atoms with E-state index in [2.05, 4.69) is 23.7 Å². The number of piperidine rings is 1. The highest BCUT2D eigenvalue weighted by molar-refractivity contribution is 7.09. The Kier molecular flexibility index (Phi) is 4.93. The Morgan fingerprint density at radius 2 is 2.42 bits per heavy atom. The maximum absolute atomic E-state index is 10.8. The highest BCUT2D eigenvalue weighted by Crippen LogP contribution is 2.31. The van der Waals surface area contributed by atoms with E-state index in [4.69, 9.17) is 5.11 Å². The van der Waals surface area contributed by atoms with Crippen LogP contribution in [0.5, 0.6) is 0 Å². The predicted octanol–water partition coefficient (Wildman–Crippen LogP) is 3.03. The number of thiazole rings is 1. The number of nitrogens with zero attached hydrogens (tertiary/aromatic N) is 2.